The van der Waals surface area contributed by atoms with Gasteiger partial charge in [0.05, 0.1) is 11.3 Å². The third-order valence-electron chi connectivity index (χ3n) is 4.04. The fourth-order valence-electron chi connectivity index (χ4n) is 2.57. The summed E-state index contributed by atoms with van der Waals surface area (Å²) in [4.78, 5) is 37.3. The van der Waals surface area contributed by atoms with Crippen LogP contribution in [0.2, 0.25) is 0 Å². The van der Waals surface area contributed by atoms with Gasteiger partial charge in [-0.1, -0.05) is 25.1 Å². The molecule has 3 rings (SSSR count). The Morgan fingerprint density at radius 2 is 2.00 bits per heavy atom. The molecule has 1 fully saturated rings. The van der Waals surface area contributed by atoms with E-state index in [0.29, 0.717) is 10.8 Å². The first-order valence-corrected chi connectivity index (χ1v) is 7.50. The Kier molecular flexibility index (Phi) is 3.85. The molecule has 1 amide bonds. The number of carbonyl (C=O) groups is 2. The molecule has 1 aliphatic carbocycles. The van der Waals surface area contributed by atoms with Gasteiger partial charge in [-0.05, 0) is 18.9 Å². The molecule has 0 radical (unpaired) electrons. The molecule has 0 saturated heterocycles. The van der Waals surface area contributed by atoms with E-state index in [4.69, 9.17) is 5.11 Å². The predicted octanol–water partition coefficient (Wildman–Crippen LogP) is 1.25. The van der Waals surface area contributed by atoms with Crippen molar-refractivity contribution in [1.82, 2.24) is 15.1 Å². The lowest BCUT2D eigenvalue weighted by Crippen LogP contribution is -2.39. The maximum absolute atomic E-state index is 12.9. The van der Waals surface area contributed by atoms with Gasteiger partial charge >= 0.3 is 5.97 Å². The molecular weight excluding hydrogens is 298 g/mol. The number of carbonyl (C=O) groups excluding carboxylic acids is 1. The van der Waals surface area contributed by atoms with Crippen molar-refractivity contribution in [2.75, 3.05) is 6.54 Å². The number of aromatic amines is 1. The molecule has 23 heavy (non-hydrogen) atoms. The largest absolute Gasteiger partial charge is 0.481 e. The molecule has 1 atom stereocenters. The van der Waals surface area contributed by atoms with Crippen molar-refractivity contribution in [3.8, 4) is 0 Å². The Hall–Kier alpha value is -2.70. The minimum absolute atomic E-state index is 0.0526. The second kappa shape index (κ2) is 5.83. The summed E-state index contributed by atoms with van der Waals surface area (Å²) in [7, 11) is 0. The number of aromatic nitrogens is 2. The Labute approximate surface area is 131 Å². The molecule has 1 aliphatic rings. The van der Waals surface area contributed by atoms with Crippen molar-refractivity contribution in [3.05, 3.63) is 40.3 Å². The summed E-state index contributed by atoms with van der Waals surface area (Å²) in [6.07, 6.45) is 1.72. The highest BCUT2D eigenvalue weighted by Gasteiger charge is 2.36. The summed E-state index contributed by atoms with van der Waals surface area (Å²) >= 11 is 0. The Bertz CT molecular complexity index is 825. The monoisotopic (exact) mass is 315 g/mol. The number of hydrogen-bond acceptors (Lipinski definition) is 4. The van der Waals surface area contributed by atoms with Crippen LogP contribution in [0.15, 0.2) is 29.1 Å². The fourth-order valence-corrected chi connectivity index (χ4v) is 2.57. The highest BCUT2D eigenvalue weighted by molar-refractivity contribution is 6.05. The number of rotatable bonds is 5. The standard InChI is InChI=1S/C16H17N3O4/c1-9(16(22)23)8-19(10-6-7-10)15(21)13-11-4-2-3-5-12(11)14(20)18-17-13/h2-5,9-10H,6-8H2,1H3,(H,18,20)(H,22,23). The number of nitrogens with one attached hydrogen (secondary N) is 1. The van der Waals surface area contributed by atoms with E-state index in [2.05, 4.69) is 10.2 Å². The summed E-state index contributed by atoms with van der Waals surface area (Å²) in [5.74, 6) is -1.94. The minimum atomic E-state index is -0.942. The van der Waals surface area contributed by atoms with Crippen LogP contribution in [-0.4, -0.2) is 44.7 Å². The molecule has 1 saturated carbocycles. The lowest BCUT2D eigenvalue weighted by molar-refractivity contribution is -0.141. The molecule has 7 nitrogen and oxygen atoms in total. The minimum Gasteiger partial charge on any atom is -0.481 e. The second-order valence-corrected chi connectivity index (χ2v) is 5.87. The number of carboxylic acid groups (broad SMARTS) is 1. The van der Waals surface area contributed by atoms with Gasteiger partial charge in [0, 0.05) is 18.0 Å². The zero-order valence-corrected chi connectivity index (χ0v) is 12.7. The van der Waals surface area contributed by atoms with Crippen LogP contribution in [0.1, 0.15) is 30.3 Å². The lowest BCUT2D eigenvalue weighted by Gasteiger charge is -2.24. The third-order valence-corrected chi connectivity index (χ3v) is 4.04. The molecule has 1 aromatic carbocycles. The summed E-state index contributed by atoms with van der Waals surface area (Å²) in [6, 6.07) is 6.82. The summed E-state index contributed by atoms with van der Waals surface area (Å²) in [5, 5.41) is 16.2. The van der Waals surface area contributed by atoms with Gasteiger partial charge < -0.3 is 10.0 Å². The van der Waals surface area contributed by atoms with E-state index in [1.54, 1.807) is 36.1 Å². The molecule has 2 N–H and O–H groups in total. The van der Waals surface area contributed by atoms with Crippen LogP contribution in [0, 0.1) is 5.92 Å². The van der Waals surface area contributed by atoms with E-state index < -0.39 is 11.9 Å². The van der Waals surface area contributed by atoms with Crippen molar-refractivity contribution in [2.45, 2.75) is 25.8 Å². The molecule has 120 valence electrons. The number of aliphatic carboxylic acids is 1. The van der Waals surface area contributed by atoms with Gasteiger partial charge in [0.25, 0.3) is 11.5 Å². The smallest absolute Gasteiger partial charge is 0.308 e. The molecule has 1 heterocycles. The first-order valence-electron chi connectivity index (χ1n) is 7.50. The number of fused-ring (bicyclic) bond motifs is 1. The summed E-state index contributed by atoms with van der Waals surface area (Å²) in [5.41, 5.74) is -0.196. The number of amides is 1. The van der Waals surface area contributed by atoms with E-state index in [-0.39, 0.29) is 29.7 Å². The van der Waals surface area contributed by atoms with Crippen LogP contribution in [0.3, 0.4) is 0 Å². The molecule has 2 aromatic rings. The number of nitrogens with zero attached hydrogens (tertiary/aromatic N) is 2. The summed E-state index contributed by atoms with van der Waals surface area (Å²) in [6.45, 7) is 1.71. The van der Waals surface area contributed by atoms with Gasteiger partial charge in [-0.2, -0.15) is 5.10 Å². The van der Waals surface area contributed by atoms with Crippen molar-refractivity contribution < 1.29 is 14.7 Å². The molecule has 0 aliphatic heterocycles. The van der Waals surface area contributed by atoms with Gasteiger partial charge in [0.15, 0.2) is 5.69 Å². The Morgan fingerprint density at radius 1 is 1.35 bits per heavy atom. The van der Waals surface area contributed by atoms with Crippen LogP contribution >= 0.6 is 0 Å². The molecule has 1 aromatic heterocycles. The number of H-pyrrole nitrogens is 1. The zero-order valence-electron chi connectivity index (χ0n) is 12.7. The average Bonchev–Trinajstić information content (AvgIpc) is 3.37. The molecular formula is C16H17N3O4. The van der Waals surface area contributed by atoms with Crippen molar-refractivity contribution in [1.29, 1.82) is 0 Å². The molecule has 0 spiro atoms. The lowest BCUT2D eigenvalue weighted by atomic mass is 10.1. The quantitative estimate of drug-likeness (QED) is 0.864. The molecule has 7 heteroatoms. The highest BCUT2D eigenvalue weighted by Crippen LogP contribution is 2.29. The first-order chi connectivity index (χ1) is 11.0. The first kappa shape index (κ1) is 15.2. The van der Waals surface area contributed by atoms with Gasteiger partial charge in [-0.25, -0.2) is 5.10 Å². The molecule has 1 unspecified atom stereocenters. The topological polar surface area (TPSA) is 103 Å². The van der Waals surface area contributed by atoms with Gasteiger partial charge in [-0.15, -0.1) is 0 Å². The van der Waals surface area contributed by atoms with E-state index in [1.807, 2.05) is 0 Å². The predicted molar refractivity (Wildman–Crippen MR) is 83.2 cm³/mol. The highest BCUT2D eigenvalue weighted by atomic mass is 16.4. The van der Waals surface area contributed by atoms with Crippen LogP contribution in [0.5, 0.6) is 0 Å². The van der Waals surface area contributed by atoms with Crippen LogP contribution in [0.25, 0.3) is 10.8 Å². The van der Waals surface area contributed by atoms with Crippen molar-refractivity contribution in [2.24, 2.45) is 5.92 Å². The zero-order chi connectivity index (χ0) is 16.6. The Balaban J connectivity index is 1.99. The normalized spacial score (nSPS) is 15.3. The van der Waals surface area contributed by atoms with Crippen molar-refractivity contribution in [3.63, 3.8) is 0 Å². The van der Waals surface area contributed by atoms with Crippen LogP contribution < -0.4 is 5.56 Å². The summed E-state index contributed by atoms with van der Waals surface area (Å²) < 4.78 is 0. The maximum Gasteiger partial charge on any atom is 0.308 e. The van der Waals surface area contributed by atoms with Gasteiger partial charge in [0.2, 0.25) is 0 Å². The van der Waals surface area contributed by atoms with Crippen LogP contribution in [0.4, 0.5) is 0 Å². The average molecular weight is 315 g/mol. The Morgan fingerprint density at radius 3 is 2.61 bits per heavy atom. The van der Waals surface area contributed by atoms with Gasteiger partial charge in [-0.3, -0.25) is 14.4 Å². The van der Waals surface area contributed by atoms with Gasteiger partial charge in [0.1, 0.15) is 0 Å². The fraction of sp³-hybridized carbons (Fsp3) is 0.375. The van der Waals surface area contributed by atoms with Crippen LogP contribution in [-0.2, 0) is 4.79 Å². The number of hydrogen-bond donors (Lipinski definition) is 2. The van der Waals surface area contributed by atoms with E-state index in [1.165, 1.54) is 0 Å². The van der Waals surface area contributed by atoms with Crippen molar-refractivity contribution >= 4 is 22.6 Å². The van der Waals surface area contributed by atoms with E-state index in [9.17, 15) is 14.4 Å². The maximum atomic E-state index is 12.9. The SMILES string of the molecule is CC(CN(C(=O)c1n[nH]c(=O)c2ccccc12)C1CC1)C(=O)O. The van der Waals surface area contributed by atoms with E-state index in [0.717, 1.165) is 12.8 Å². The number of benzene rings is 1. The third kappa shape index (κ3) is 2.94. The molecule has 0 bridgehead atoms. The number of carboxylic acids is 1. The second-order valence-electron chi connectivity index (χ2n) is 5.87. The van der Waals surface area contributed by atoms with E-state index >= 15 is 0 Å².